The molecule has 4 rings (SSSR count). The first-order chi connectivity index (χ1) is 11.7. The van der Waals surface area contributed by atoms with Gasteiger partial charge in [0.15, 0.2) is 11.3 Å². The van der Waals surface area contributed by atoms with Crippen LogP contribution < -0.4 is 9.80 Å². The molecule has 4 heteroatoms. The van der Waals surface area contributed by atoms with Crippen LogP contribution in [0.1, 0.15) is 56.9 Å². The van der Waals surface area contributed by atoms with Gasteiger partial charge in [-0.25, -0.2) is 0 Å². The molecule has 1 N–H and O–H groups in total. The lowest BCUT2D eigenvalue weighted by atomic mass is 9.81. The monoisotopic (exact) mass is 329 g/mol. The number of fused-ring (bicyclic) bond motifs is 2. The highest BCUT2D eigenvalue weighted by Crippen LogP contribution is 2.48. The topological polar surface area (TPSA) is 38.3 Å². The Morgan fingerprint density at radius 3 is 2.46 bits per heavy atom. The molecule has 0 radical (unpaired) electrons. The number of nitrogens with zero attached hydrogens (tertiary/aromatic N) is 1. The van der Waals surface area contributed by atoms with E-state index in [1.807, 2.05) is 0 Å². The summed E-state index contributed by atoms with van der Waals surface area (Å²) in [6, 6.07) is 8.89. The van der Waals surface area contributed by atoms with Gasteiger partial charge in [-0.3, -0.25) is 0 Å². The van der Waals surface area contributed by atoms with Crippen molar-refractivity contribution in [2.24, 2.45) is 0 Å². The lowest BCUT2D eigenvalue weighted by molar-refractivity contribution is -0.0479. The van der Waals surface area contributed by atoms with Crippen LogP contribution in [0.3, 0.4) is 0 Å². The zero-order valence-corrected chi connectivity index (χ0v) is 14.7. The number of piperidine rings is 1. The van der Waals surface area contributed by atoms with E-state index in [1.54, 1.807) is 0 Å². The SMILES string of the molecule is C[N+]1(C2CCCCCC2)C(=O)OC2(CCNCC2)c2ccccc21. The Balaban J connectivity index is 1.80. The molecule has 0 aromatic heterocycles. The standard InChI is InChI=1S/C20H29N2O2/c1-22(16-8-4-2-3-5-9-16)18-11-7-6-10-17(18)20(24-19(22)23)12-14-21-15-13-20/h6-7,10-11,16,21H,2-5,8-9,12-15H2,1H3/q+1. The van der Waals surface area contributed by atoms with Crippen molar-refractivity contribution in [2.45, 2.75) is 63.0 Å². The van der Waals surface area contributed by atoms with Crippen LogP contribution in [0, 0.1) is 0 Å². The Bertz CT molecular complexity index is 616. The largest absolute Gasteiger partial charge is 0.522 e. The Hall–Kier alpha value is -1.39. The zero-order valence-electron chi connectivity index (χ0n) is 14.7. The highest BCUT2D eigenvalue weighted by Gasteiger charge is 2.56. The van der Waals surface area contributed by atoms with E-state index in [4.69, 9.17) is 4.74 Å². The molecule has 1 saturated heterocycles. The maximum atomic E-state index is 13.3. The Morgan fingerprint density at radius 1 is 1.08 bits per heavy atom. The normalized spacial score (nSPS) is 30.5. The minimum Gasteiger partial charge on any atom is -0.408 e. The van der Waals surface area contributed by atoms with Crippen LogP contribution in [-0.2, 0) is 10.3 Å². The smallest absolute Gasteiger partial charge is 0.408 e. The fraction of sp³-hybridized carbons (Fsp3) is 0.650. The average molecular weight is 329 g/mol. The van der Waals surface area contributed by atoms with E-state index < -0.39 is 5.60 Å². The highest BCUT2D eigenvalue weighted by atomic mass is 16.6. The number of hydrogen-bond donors (Lipinski definition) is 1. The Morgan fingerprint density at radius 2 is 1.75 bits per heavy atom. The van der Waals surface area contributed by atoms with Gasteiger partial charge in [0, 0.05) is 31.7 Å². The lowest BCUT2D eigenvalue weighted by Crippen LogP contribution is -2.64. The van der Waals surface area contributed by atoms with Gasteiger partial charge in [-0.2, -0.15) is 9.28 Å². The number of carbonyl (C=O) groups is 1. The number of rotatable bonds is 1. The third-order valence-corrected chi connectivity index (χ3v) is 6.52. The predicted molar refractivity (Wildman–Crippen MR) is 95.9 cm³/mol. The molecule has 1 saturated carbocycles. The molecule has 1 aromatic carbocycles. The van der Waals surface area contributed by atoms with Gasteiger partial charge < -0.3 is 10.1 Å². The summed E-state index contributed by atoms with van der Waals surface area (Å²) in [5, 5.41) is 3.40. The van der Waals surface area contributed by atoms with Gasteiger partial charge in [-0.05, 0) is 32.0 Å². The first-order valence-corrected chi connectivity index (χ1v) is 9.57. The molecule has 1 aliphatic carbocycles. The highest BCUT2D eigenvalue weighted by molar-refractivity contribution is 5.87. The summed E-state index contributed by atoms with van der Waals surface area (Å²) < 4.78 is 6.58. The molecule has 1 aromatic rings. The van der Waals surface area contributed by atoms with Crippen LogP contribution in [0.5, 0.6) is 0 Å². The molecular weight excluding hydrogens is 300 g/mol. The van der Waals surface area contributed by atoms with Gasteiger partial charge in [0.05, 0.1) is 12.6 Å². The second kappa shape index (κ2) is 6.16. The average Bonchev–Trinajstić information content (AvgIpc) is 2.91. The van der Waals surface area contributed by atoms with Crippen molar-refractivity contribution in [3.05, 3.63) is 29.8 Å². The second-order valence-electron chi connectivity index (χ2n) is 7.85. The zero-order chi connectivity index (χ0) is 16.6. The van der Waals surface area contributed by atoms with E-state index in [0.717, 1.165) is 38.8 Å². The van der Waals surface area contributed by atoms with Crippen molar-refractivity contribution in [3.63, 3.8) is 0 Å². The van der Waals surface area contributed by atoms with Crippen molar-refractivity contribution in [1.29, 1.82) is 0 Å². The van der Waals surface area contributed by atoms with Gasteiger partial charge in [0.1, 0.15) is 6.04 Å². The molecule has 2 fully saturated rings. The molecule has 4 nitrogen and oxygen atoms in total. The van der Waals surface area contributed by atoms with E-state index in [9.17, 15) is 4.79 Å². The molecule has 1 atom stereocenters. The first-order valence-electron chi connectivity index (χ1n) is 9.57. The quantitative estimate of drug-likeness (QED) is 0.623. The third kappa shape index (κ3) is 2.39. The molecule has 3 aliphatic rings. The van der Waals surface area contributed by atoms with Crippen LogP contribution in [0.4, 0.5) is 10.5 Å². The molecule has 1 amide bonds. The van der Waals surface area contributed by atoms with E-state index >= 15 is 0 Å². The summed E-state index contributed by atoms with van der Waals surface area (Å²) in [5.41, 5.74) is 2.02. The van der Waals surface area contributed by atoms with Crippen molar-refractivity contribution in [2.75, 3.05) is 20.1 Å². The minimum absolute atomic E-state index is 0.0394. The van der Waals surface area contributed by atoms with Gasteiger partial charge >= 0.3 is 6.09 Å². The number of amides is 1. The summed E-state index contributed by atoms with van der Waals surface area (Å²) in [6.45, 7) is 1.82. The molecule has 2 aliphatic heterocycles. The summed E-state index contributed by atoms with van der Waals surface area (Å²) in [5.74, 6) is 0. The number of ether oxygens (including phenoxy) is 1. The van der Waals surface area contributed by atoms with Crippen LogP contribution in [0.25, 0.3) is 0 Å². The van der Waals surface area contributed by atoms with Gasteiger partial charge in [0.2, 0.25) is 0 Å². The molecule has 2 heterocycles. The van der Waals surface area contributed by atoms with Crippen molar-refractivity contribution in [1.82, 2.24) is 9.80 Å². The summed E-state index contributed by atoms with van der Waals surface area (Å²) in [7, 11) is 2.09. The fourth-order valence-electron chi connectivity index (χ4n) is 5.00. The van der Waals surface area contributed by atoms with Crippen LogP contribution in [-0.4, -0.2) is 32.3 Å². The number of quaternary nitrogens is 1. The second-order valence-corrected chi connectivity index (χ2v) is 7.85. The third-order valence-electron chi connectivity index (χ3n) is 6.52. The van der Waals surface area contributed by atoms with Crippen molar-refractivity contribution >= 4 is 11.8 Å². The molecule has 24 heavy (non-hydrogen) atoms. The van der Waals surface area contributed by atoms with E-state index in [2.05, 4.69) is 36.6 Å². The van der Waals surface area contributed by atoms with E-state index in [1.165, 1.54) is 36.9 Å². The van der Waals surface area contributed by atoms with Gasteiger partial charge in [-0.15, -0.1) is 0 Å². The van der Waals surface area contributed by atoms with Crippen molar-refractivity contribution in [3.8, 4) is 0 Å². The molecular formula is C20H29N2O2+. The number of nitrogens with one attached hydrogen (secondary N) is 1. The van der Waals surface area contributed by atoms with Crippen LogP contribution >= 0.6 is 0 Å². The molecule has 1 unspecified atom stereocenters. The van der Waals surface area contributed by atoms with Crippen LogP contribution in [0.15, 0.2) is 24.3 Å². The number of benzene rings is 1. The number of carbonyl (C=O) groups excluding carboxylic acids is 1. The predicted octanol–water partition coefficient (Wildman–Crippen LogP) is 4.08. The number of hydrogen-bond acceptors (Lipinski definition) is 3. The maximum Gasteiger partial charge on any atom is 0.522 e. The summed E-state index contributed by atoms with van der Waals surface area (Å²) >= 11 is 0. The fourth-order valence-corrected chi connectivity index (χ4v) is 5.00. The Labute approximate surface area is 144 Å². The van der Waals surface area contributed by atoms with E-state index in [-0.39, 0.29) is 6.09 Å². The van der Waals surface area contributed by atoms with Crippen LogP contribution in [0.2, 0.25) is 0 Å². The Kier molecular flexibility index (Phi) is 4.13. The van der Waals surface area contributed by atoms with Gasteiger partial charge in [-0.1, -0.05) is 25.0 Å². The molecule has 1 spiro atoms. The van der Waals surface area contributed by atoms with Crippen molar-refractivity contribution < 1.29 is 9.53 Å². The summed E-state index contributed by atoms with van der Waals surface area (Å²) in [6.07, 6.45) is 8.99. The summed E-state index contributed by atoms with van der Waals surface area (Å²) in [4.78, 5) is 13.3. The molecule has 130 valence electrons. The number of para-hydroxylation sites is 1. The minimum atomic E-state index is -0.415. The van der Waals surface area contributed by atoms with E-state index in [0.29, 0.717) is 10.5 Å². The van der Waals surface area contributed by atoms with Gasteiger partial charge in [0.25, 0.3) is 0 Å². The lowest BCUT2D eigenvalue weighted by Gasteiger charge is -2.48. The first kappa shape index (κ1) is 16.1. The maximum absolute atomic E-state index is 13.3. The molecule has 0 bridgehead atoms.